The Labute approximate surface area is 92.0 Å². The SMILES string of the molecule is COCC1CCN(CCC(C)(N)C#N)C1. The fraction of sp³-hybridized carbons (Fsp3) is 0.909. The van der Waals surface area contributed by atoms with Crippen molar-refractivity contribution in [1.82, 2.24) is 4.90 Å². The van der Waals surface area contributed by atoms with E-state index in [2.05, 4.69) is 11.0 Å². The Morgan fingerprint density at radius 2 is 2.40 bits per heavy atom. The molecule has 2 unspecified atom stereocenters. The topological polar surface area (TPSA) is 62.3 Å². The number of hydrogen-bond acceptors (Lipinski definition) is 4. The number of methoxy groups -OCH3 is 1. The van der Waals surface area contributed by atoms with Crippen molar-refractivity contribution in [3.8, 4) is 6.07 Å². The first-order chi connectivity index (χ1) is 7.07. The largest absolute Gasteiger partial charge is 0.384 e. The van der Waals surface area contributed by atoms with E-state index in [-0.39, 0.29) is 0 Å². The fourth-order valence-electron chi connectivity index (χ4n) is 1.93. The number of likely N-dealkylation sites (tertiary alicyclic amines) is 1. The van der Waals surface area contributed by atoms with Crippen molar-refractivity contribution in [2.24, 2.45) is 11.7 Å². The lowest BCUT2D eigenvalue weighted by Gasteiger charge is -2.21. The Bertz CT molecular complexity index is 234. The molecule has 0 amide bonds. The highest BCUT2D eigenvalue weighted by Crippen LogP contribution is 2.17. The van der Waals surface area contributed by atoms with Gasteiger partial charge in [0.2, 0.25) is 0 Å². The van der Waals surface area contributed by atoms with Crippen molar-refractivity contribution >= 4 is 0 Å². The summed E-state index contributed by atoms with van der Waals surface area (Å²) < 4.78 is 5.14. The molecular formula is C11H21N3O. The van der Waals surface area contributed by atoms with Gasteiger partial charge in [0.05, 0.1) is 12.7 Å². The molecule has 15 heavy (non-hydrogen) atoms. The molecule has 1 aliphatic rings. The van der Waals surface area contributed by atoms with Crippen molar-refractivity contribution in [3.63, 3.8) is 0 Å². The summed E-state index contributed by atoms with van der Waals surface area (Å²) in [6.45, 7) is 5.73. The quantitative estimate of drug-likeness (QED) is 0.723. The van der Waals surface area contributed by atoms with E-state index < -0.39 is 5.54 Å². The van der Waals surface area contributed by atoms with Gasteiger partial charge < -0.3 is 15.4 Å². The van der Waals surface area contributed by atoms with Crippen molar-refractivity contribution in [2.45, 2.75) is 25.3 Å². The normalized spacial score (nSPS) is 26.1. The van der Waals surface area contributed by atoms with Gasteiger partial charge in [0, 0.05) is 20.2 Å². The zero-order valence-electron chi connectivity index (χ0n) is 9.70. The highest BCUT2D eigenvalue weighted by molar-refractivity contribution is 5.01. The maximum atomic E-state index is 8.79. The van der Waals surface area contributed by atoms with Gasteiger partial charge in [-0.25, -0.2) is 0 Å². The molecule has 1 aliphatic heterocycles. The van der Waals surface area contributed by atoms with Crippen LogP contribution in [-0.2, 0) is 4.74 Å². The summed E-state index contributed by atoms with van der Waals surface area (Å²) in [4.78, 5) is 2.37. The van der Waals surface area contributed by atoms with Gasteiger partial charge in [-0.15, -0.1) is 0 Å². The summed E-state index contributed by atoms with van der Waals surface area (Å²) in [6.07, 6.45) is 1.94. The van der Waals surface area contributed by atoms with E-state index in [4.69, 9.17) is 15.7 Å². The molecule has 4 nitrogen and oxygen atoms in total. The van der Waals surface area contributed by atoms with Crippen LogP contribution >= 0.6 is 0 Å². The van der Waals surface area contributed by atoms with Crippen LogP contribution in [0.4, 0.5) is 0 Å². The van der Waals surface area contributed by atoms with Crippen LogP contribution in [0.5, 0.6) is 0 Å². The van der Waals surface area contributed by atoms with Crippen LogP contribution in [0.15, 0.2) is 0 Å². The van der Waals surface area contributed by atoms with E-state index in [9.17, 15) is 0 Å². The highest BCUT2D eigenvalue weighted by Gasteiger charge is 2.24. The smallest absolute Gasteiger partial charge is 0.102 e. The fourth-order valence-corrected chi connectivity index (χ4v) is 1.93. The summed E-state index contributed by atoms with van der Waals surface area (Å²) in [7, 11) is 1.75. The van der Waals surface area contributed by atoms with Crippen LogP contribution in [0.25, 0.3) is 0 Å². The average Bonchev–Trinajstić information content (AvgIpc) is 2.64. The molecule has 2 atom stereocenters. The molecule has 2 N–H and O–H groups in total. The second-order valence-corrected chi connectivity index (χ2v) is 4.69. The third-order valence-corrected chi connectivity index (χ3v) is 2.98. The molecule has 0 saturated carbocycles. The van der Waals surface area contributed by atoms with Gasteiger partial charge in [0.15, 0.2) is 0 Å². The van der Waals surface area contributed by atoms with Crippen molar-refractivity contribution in [2.75, 3.05) is 33.4 Å². The molecule has 0 aromatic rings. The summed E-state index contributed by atoms with van der Waals surface area (Å²) in [6, 6.07) is 2.13. The number of ether oxygens (including phenoxy) is 1. The molecule has 1 heterocycles. The molecular weight excluding hydrogens is 190 g/mol. The number of rotatable bonds is 5. The van der Waals surface area contributed by atoms with Crippen molar-refractivity contribution in [1.29, 1.82) is 5.26 Å². The first kappa shape index (κ1) is 12.4. The first-order valence-electron chi connectivity index (χ1n) is 5.49. The molecule has 0 aliphatic carbocycles. The Morgan fingerprint density at radius 3 is 3.00 bits per heavy atom. The molecule has 0 bridgehead atoms. The molecule has 1 fully saturated rings. The monoisotopic (exact) mass is 211 g/mol. The van der Waals surface area contributed by atoms with Crippen LogP contribution in [0.3, 0.4) is 0 Å². The van der Waals surface area contributed by atoms with Crippen LogP contribution in [0.1, 0.15) is 19.8 Å². The minimum absolute atomic E-state index is 0.654. The lowest BCUT2D eigenvalue weighted by Crippen LogP contribution is -2.38. The molecule has 0 aromatic heterocycles. The Morgan fingerprint density at radius 1 is 1.67 bits per heavy atom. The average molecular weight is 211 g/mol. The Kier molecular flexibility index (Phi) is 4.52. The number of hydrogen-bond donors (Lipinski definition) is 1. The van der Waals surface area contributed by atoms with Gasteiger partial charge in [-0.3, -0.25) is 0 Å². The van der Waals surface area contributed by atoms with Gasteiger partial charge in [-0.1, -0.05) is 0 Å². The van der Waals surface area contributed by atoms with Crippen LogP contribution < -0.4 is 5.73 Å². The second-order valence-electron chi connectivity index (χ2n) is 4.69. The summed E-state index contributed by atoms with van der Waals surface area (Å²) in [5, 5.41) is 8.79. The molecule has 0 aromatic carbocycles. The van der Waals surface area contributed by atoms with E-state index in [0.29, 0.717) is 5.92 Å². The van der Waals surface area contributed by atoms with Crippen molar-refractivity contribution in [3.05, 3.63) is 0 Å². The number of nitriles is 1. The Balaban J connectivity index is 2.22. The predicted molar refractivity (Wildman–Crippen MR) is 59.2 cm³/mol. The van der Waals surface area contributed by atoms with Crippen LogP contribution in [-0.4, -0.2) is 43.8 Å². The van der Waals surface area contributed by atoms with Gasteiger partial charge in [0.1, 0.15) is 5.54 Å². The van der Waals surface area contributed by atoms with Crippen LogP contribution in [0, 0.1) is 17.2 Å². The molecule has 1 saturated heterocycles. The minimum Gasteiger partial charge on any atom is -0.384 e. The molecule has 4 heteroatoms. The molecule has 86 valence electrons. The molecule has 0 radical (unpaired) electrons. The highest BCUT2D eigenvalue weighted by atomic mass is 16.5. The second kappa shape index (κ2) is 5.45. The maximum Gasteiger partial charge on any atom is 0.102 e. The van der Waals surface area contributed by atoms with Gasteiger partial charge in [-0.2, -0.15) is 5.26 Å². The third kappa shape index (κ3) is 4.17. The number of nitrogens with zero attached hydrogens (tertiary/aromatic N) is 2. The van der Waals surface area contributed by atoms with Gasteiger partial charge >= 0.3 is 0 Å². The number of nitrogens with two attached hydrogens (primary N) is 1. The molecule has 0 spiro atoms. The first-order valence-corrected chi connectivity index (χ1v) is 5.49. The summed E-state index contributed by atoms with van der Waals surface area (Å²) in [5.74, 6) is 0.654. The lowest BCUT2D eigenvalue weighted by molar-refractivity contribution is 0.152. The standard InChI is InChI=1S/C11H21N3O/c1-11(13,9-12)4-6-14-5-3-10(7-14)8-15-2/h10H,3-8,13H2,1-2H3. The van der Waals surface area contributed by atoms with Crippen molar-refractivity contribution < 1.29 is 4.74 Å². The summed E-state index contributed by atoms with van der Waals surface area (Å²) in [5.41, 5.74) is 5.09. The predicted octanol–water partition coefficient (Wildman–Crippen LogP) is 0.586. The molecule has 1 rings (SSSR count). The van der Waals surface area contributed by atoms with Crippen LogP contribution in [0.2, 0.25) is 0 Å². The van der Waals surface area contributed by atoms with E-state index in [1.54, 1.807) is 14.0 Å². The van der Waals surface area contributed by atoms with Gasteiger partial charge in [0.25, 0.3) is 0 Å². The lowest BCUT2D eigenvalue weighted by atomic mass is 10.0. The summed E-state index contributed by atoms with van der Waals surface area (Å²) >= 11 is 0. The van der Waals surface area contributed by atoms with E-state index in [1.165, 1.54) is 6.42 Å². The van der Waals surface area contributed by atoms with E-state index in [0.717, 1.165) is 32.7 Å². The third-order valence-electron chi connectivity index (χ3n) is 2.98. The minimum atomic E-state index is -0.681. The van der Waals surface area contributed by atoms with Gasteiger partial charge in [-0.05, 0) is 32.2 Å². The zero-order valence-corrected chi connectivity index (χ0v) is 9.70. The zero-order chi connectivity index (χ0) is 11.3. The van der Waals surface area contributed by atoms with E-state index in [1.807, 2.05) is 0 Å². The van der Waals surface area contributed by atoms with E-state index >= 15 is 0 Å². The maximum absolute atomic E-state index is 8.79. The Hall–Kier alpha value is -0.630.